The summed E-state index contributed by atoms with van der Waals surface area (Å²) >= 11 is 6.31. The maximum Gasteiger partial charge on any atom is 0.0471 e. The normalized spacial score (nSPS) is 19.8. The third-order valence-electron chi connectivity index (χ3n) is 3.68. The molecule has 0 radical (unpaired) electrons. The van der Waals surface area contributed by atoms with Crippen molar-refractivity contribution < 1.29 is 0 Å². The van der Waals surface area contributed by atoms with Crippen LogP contribution in [0, 0.1) is 0 Å². The number of likely N-dealkylation sites (N-methyl/N-ethyl adjacent to an activating group) is 1. The minimum absolute atomic E-state index is 0.645. The molecule has 1 aromatic carbocycles. The second kappa shape index (κ2) is 5.91. The zero-order valence-electron chi connectivity index (χ0n) is 11.4. The van der Waals surface area contributed by atoms with Gasteiger partial charge in [0.2, 0.25) is 0 Å². The molecule has 0 amide bonds. The van der Waals surface area contributed by atoms with Gasteiger partial charge in [-0.05, 0) is 39.7 Å². The van der Waals surface area contributed by atoms with E-state index in [1.165, 1.54) is 17.7 Å². The highest BCUT2D eigenvalue weighted by atomic mass is 35.5. The summed E-state index contributed by atoms with van der Waals surface area (Å²) in [6.07, 6.45) is 1.22. The molecule has 0 aromatic heterocycles. The van der Waals surface area contributed by atoms with Crippen LogP contribution in [0.4, 0.5) is 5.69 Å². The third-order valence-corrected chi connectivity index (χ3v) is 4.04. The fraction of sp³-hybridized carbons (Fsp3) is 0.571. The Kier molecular flexibility index (Phi) is 4.49. The van der Waals surface area contributed by atoms with E-state index in [2.05, 4.69) is 35.3 Å². The first-order chi connectivity index (χ1) is 8.63. The molecule has 0 saturated carbocycles. The molecule has 3 nitrogen and oxygen atoms in total. The lowest BCUT2D eigenvalue weighted by Crippen LogP contribution is -2.31. The number of benzene rings is 1. The second-order valence-electron chi connectivity index (χ2n) is 5.12. The van der Waals surface area contributed by atoms with Crippen molar-refractivity contribution in [2.45, 2.75) is 19.0 Å². The van der Waals surface area contributed by atoms with E-state index >= 15 is 0 Å². The molecule has 18 heavy (non-hydrogen) atoms. The SMILES string of the molecule is CNCc1c(Cl)cccc1N1CCC(N(C)C)C1. The van der Waals surface area contributed by atoms with Crippen molar-refractivity contribution in [3.63, 3.8) is 0 Å². The predicted molar refractivity (Wildman–Crippen MR) is 78.5 cm³/mol. The van der Waals surface area contributed by atoms with Crippen molar-refractivity contribution in [1.82, 2.24) is 10.2 Å². The molecule has 0 spiro atoms. The Morgan fingerprint density at radius 2 is 2.22 bits per heavy atom. The molecule has 1 aromatic rings. The van der Waals surface area contributed by atoms with Crippen LogP contribution in [0.15, 0.2) is 18.2 Å². The van der Waals surface area contributed by atoms with Crippen LogP contribution in [0.3, 0.4) is 0 Å². The smallest absolute Gasteiger partial charge is 0.0471 e. The number of nitrogens with one attached hydrogen (secondary N) is 1. The first-order valence-corrected chi connectivity index (χ1v) is 6.84. The lowest BCUT2D eigenvalue weighted by atomic mass is 10.1. The van der Waals surface area contributed by atoms with E-state index in [1.54, 1.807) is 0 Å². The van der Waals surface area contributed by atoms with Crippen LogP contribution >= 0.6 is 11.6 Å². The molecule has 4 heteroatoms. The van der Waals surface area contributed by atoms with Gasteiger partial charge in [0.05, 0.1) is 0 Å². The Balaban J connectivity index is 2.21. The molecule has 1 heterocycles. The van der Waals surface area contributed by atoms with Crippen LogP contribution in [0.25, 0.3) is 0 Å². The van der Waals surface area contributed by atoms with Crippen molar-refractivity contribution in [3.05, 3.63) is 28.8 Å². The minimum atomic E-state index is 0.645. The van der Waals surface area contributed by atoms with Gasteiger partial charge >= 0.3 is 0 Å². The quantitative estimate of drug-likeness (QED) is 0.902. The van der Waals surface area contributed by atoms with Gasteiger partial charge in [-0.3, -0.25) is 0 Å². The summed E-state index contributed by atoms with van der Waals surface area (Å²) in [4.78, 5) is 4.76. The van der Waals surface area contributed by atoms with Gasteiger partial charge in [-0.1, -0.05) is 17.7 Å². The van der Waals surface area contributed by atoms with E-state index in [0.717, 1.165) is 24.7 Å². The van der Waals surface area contributed by atoms with Crippen LogP contribution in [0.1, 0.15) is 12.0 Å². The van der Waals surface area contributed by atoms with Crippen LogP contribution in [0.5, 0.6) is 0 Å². The second-order valence-corrected chi connectivity index (χ2v) is 5.53. The average molecular weight is 268 g/mol. The highest BCUT2D eigenvalue weighted by Gasteiger charge is 2.25. The van der Waals surface area contributed by atoms with Gasteiger partial charge in [0, 0.05) is 41.9 Å². The Hall–Kier alpha value is -0.770. The predicted octanol–water partition coefficient (Wildman–Crippen LogP) is 2.20. The van der Waals surface area contributed by atoms with Gasteiger partial charge in [0.1, 0.15) is 0 Å². The van der Waals surface area contributed by atoms with E-state index in [-0.39, 0.29) is 0 Å². The standard InChI is InChI=1S/C14H22ClN3/c1-16-9-12-13(15)5-4-6-14(12)18-8-7-11(10-18)17(2)3/h4-6,11,16H,7-10H2,1-3H3. The lowest BCUT2D eigenvalue weighted by Gasteiger charge is -2.24. The molecule has 1 aliphatic heterocycles. The first kappa shape index (κ1) is 13.7. The monoisotopic (exact) mass is 267 g/mol. The molecule has 2 rings (SSSR count). The summed E-state index contributed by atoms with van der Waals surface area (Å²) in [5.41, 5.74) is 2.49. The zero-order valence-corrected chi connectivity index (χ0v) is 12.2. The number of nitrogens with zero attached hydrogens (tertiary/aromatic N) is 2. The molecule has 1 N–H and O–H groups in total. The van der Waals surface area contributed by atoms with Gasteiger partial charge in [-0.25, -0.2) is 0 Å². The fourth-order valence-corrected chi connectivity index (χ4v) is 2.81. The lowest BCUT2D eigenvalue weighted by molar-refractivity contribution is 0.315. The molecule has 0 aliphatic carbocycles. The Morgan fingerprint density at radius 3 is 2.83 bits per heavy atom. The minimum Gasteiger partial charge on any atom is -0.370 e. The summed E-state index contributed by atoms with van der Waals surface area (Å²) in [6, 6.07) is 6.83. The van der Waals surface area contributed by atoms with Crippen LogP contribution in [-0.2, 0) is 6.54 Å². The number of hydrogen-bond donors (Lipinski definition) is 1. The third kappa shape index (κ3) is 2.79. The Labute approximate surface area is 115 Å². The zero-order chi connectivity index (χ0) is 13.1. The van der Waals surface area contributed by atoms with Gasteiger partial charge in [-0.15, -0.1) is 0 Å². The molecule has 1 aliphatic rings. The van der Waals surface area contributed by atoms with Crippen molar-refractivity contribution in [1.29, 1.82) is 0 Å². The summed E-state index contributed by atoms with van der Waals surface area (Å²) in [5, 5.41) is 4.06. The summed E-state index contributed by atoms with van der Waals surface area (Å²) < 4.78 is 0. The van der Waals surface area contributed by atoms with E-state index < -0.39 is 0 Å². The number of hydrogen-bond acceptors (Lipinski definition) is 3. The van der Waals surface area contributed by atoms with Crippen molar-refractivity contribution >= 4 is 17.3 Å². The summed E-state index contributed by atoms with van der Waals surface area (Å²) in [6.45, 7) is 3.02. The van der Waals surface area contributed by atoms with Gasteiger partial charge in [-0.2, -0.15) is 0 Å². The Bertz CT molecular complexity index is 406. The van der Waals surface area contributed by atoms with Crippen molar-refractivity contribution in [3.8, 4) is 0 Å². The number of rotatable bonds is 4. The van der Waals surface area contributed by atoms with E-state index in [9.17, 15) is 0 Å². The molecular weight excluding hydrogens is 246 g/mol. The maximum absolute atomic E-state index is 6.31. The van der Waals surface area contributed by atoms with Gasteiger partial charge in [0.25, 0.3) is 0 Å². The van der Waals surface area contributed by atoms with Crippen LogP contribution in [0.2, 0.25) is 5.02 Å². The molecule has 0 bridgehead atoms. The topological polar surface area (TPSA) is 18.5 Å². The molecule has 1 atom stereocenters. The molecule has 1 unspecified atom stereocenters. The molecular formula is C14H22ClN3. The Morgan fingerprint density at radius 1 is 1.44 bits per heavy atom. The van der Waals surface area contributed by atoms with E-state index in [0.29, 0.717) is 6.04 Å². The maximum atomic E-state index is 6.31. The van der Waals surface area contributed by atoms with Gasteiger partial charge in [0.15, 0.2) is 0 Å². The van der Waals surface area contributed by atoms with Crippen LogP contribution < -0.4 is 10.2 Å². The highest BCUT2D eigenvalue weighted by Crippen LogP contribution is 2.30. The molecule has 1 saturated heterocycles. The van der Waals surface area contributed by atoms with Crippen LogP contribution in [-0.4, -0.2) is 45.2 Å². The summed E-state index contributed by atoms with van der Waals surface area (Å²) in [7, 11) is 6.26. The largest absolute Gasteiger partial charge is 0.370 e. The number of halogens is 1. The molecule has 100 valence electrons. The van der Waals surface area contributed by atoms with E-state index in [4.69, 9.17) is 11.6 Å². The highest BCUT2D eigenvalue weighted by molar-refractivity contribution is 6.31. The fourth-order valence-electron chi connectivity index (χ4n) is 2.58. The van der Waals surface area contributed by atoms with Gasteiger partial charge < -0.3 is 15.1 Å². The molecule has 1 fully saturated rings. The number of anilines is 1. The summed E-state index contributed by atoms with van der Waals surface area (Å²) in [5.74, 6) is 0. The first-order valence-electron chi connectivity index (χ1n) is 6.47. The van der Waals surface area contributed by atoms with E-state index in [1.807, 2.05) is 19.2 Å². The average Bonchev–Trinajstić information content (AvgIpc) is 2.81. The van der Waals surface area contributed by atoms with Crippen molar-refractivity contribution in [2.24, 2.45) is 0 Å². The van der Waals surface area contributed by atoms with Crippen molar-refractivity contribution in [2.75, 3.05) is 39.1 Å².